The van der Waals surface area contributed by atoms with Crippen molar-refractivity contribution in [3.63, 3.8) is 0 Å². The molecule has 0 saturated heterocycles. The van der Waals surface area contributed by atoms with Gasteiger partial charge in [0, 0.05) is 23.5 Å². The largest absolute Gasteiger partial charge is 0.320 e. The van der Waals surface area contributed by atoms with Gasteiger partial charge in [-0.15, -0.1) is 0 Å². The first-order valence-electron chi connectivity index (χ1n) is 8.19. The number of aromatic nitrogens is 2. The van der Waals surface area contributed by atoms with E-state index in [1.54, 1.807) is 62.4 Å². The first kappa shape index (κ1) is 17.8. The summed E-state index contributed by atoms with van der Waals surface area (Å²) in [6, 6.07) is 10.0. The van der Waals surface area contributed by atoms with Crippen LogP contribution in [0, 0.1) is 0 Å². The molecule has 0 saturated carbocycles. The minimum absolute atomic E-state index is 0.138. The molecule has 2 heterocycles. The van der Waals surface area contributed by atoms with E-state index in [2.05, 4.69) is 9.97 Å². The van der Waals surface area contributed by atoms with Crippen LogP contribution in [-0.4, -0.2) is 32.6 Å². The van der Waals surface area contributed by atoms with Gasteiger partial charge in [-0.05, 0) is 38.1 Å². The summed E-state index contributed by atoms with van der Waals surface area (Å²) < 4.78 is 0. The van der Waals surface area contributed by atoms with Gasteiger partial charge in [0.05, 0.1) is 11.1 Å². The molecule has 2 unspecified atom stereocenters. The highest BCUT2D eigenvalue weighted by Gasteiger charge is 2.47. The van der Waals surface area contributed by atoms with Gasteiger partial charge >= 0.3 is 0 Å². The summed E-state index contributed by atoms with van der Waals surface area (Å²) in [5.74, 6) is -0.802. The lowest BCUT2D eigenvalue weighted by atomic mass is 9.68. The minimum atomic E-state index is -1.27. The molecular formula is C20H20N4O2. The number of nitrogens with two attached hydrogens (primary N) is 2. The molecule has 6 heteroatoms. The monoisotopic (exact) mass is 348 g/mol. The third-order valence-corrected chi connectivity index (χ3v) is 4.77. The highest BCUT2D eigenvalue weighted by atomic mass is 16.1. The minimum Gasteiger partial charge on any atom is -0.320 e. The van der Waals surface area contributed by atoms with Gasteiger partial charge in [0.15, 0.2) is 0 Å². The molecule has 2 aromatic heterocycles. The Kier molecular flexibility index (Phi) is 4.39. The second-order valence-electron chi connectivity index (χ2n) is 6.70. The Labute approximate surface area is 151 Å². The number of allylic oxidation sites excluding steroid dienone is 2. The average Bonchev–Trinajstić information content (AvgIpc) is 2.64. The van der Waals surface area contributed by atoms with Crippen molar-refractivity contribution in [3.05, 3.63) is 83.5 Å². The fourth-order valence-corrected chi connectivity index (χ4v) is 2.87. The molecule has 0 fully saturated rings. The third-order valence-electron chi connectivity index (χ3n) is 4.77. The SMILES string of the molecule is CC1(N)C=CC(C(=O)c2ccccn2)=C(C(=O)c2ccccn2)C1(C)N. The second-order valence-corrected chi connectivity index (χ2v) is 6.70. The van der Waals surface area contributed by atoms with Gasteiger partial charge in [0.1, 0.15) is 11.4 Å². The Bertz CT molecular complexity index is 913. The number of carbonyl (C=O) groups excluding carboxylic acids is 2. The van der Waals surface area contributed by atoms with Gasteiger partial charge in [-0.3, -0.25) is 19.6 Å². The summed E-state index contributed by atoms with van der Waals surface area (Å²) in [5.41, 5.74) is 11.3. The van der Waals surface area contributed by atoms with Crippen molar-refractivity contribution >= 4 is 11.6 Å². The Hall–Kier alpha value is -2.96. The fraction of sp³-hybridized carbons (Fsp3) is 0.200. The van der Waals surface area contributed by atoms with E-state index in [0.717, 1.165) is 0 Å². The number of ketones is 2. The quantitative estimate of drug-likeness (QED) is 0.816. The first-order valence-corrected chi connectivity index (χ1v) is 8.19. The van der Waals surface area contributed by atoms with Crippen LogP contribution in [-0.2, 0) is 0 Å². The van der Waals surface area contributed by atoms with E-state index in [4.69, 9.17) is 11.5 Å². The van der Waals surface area contributed by atoms with Crippen LogP contribution in [0.1, 0.15) is 34.8 Å². The van der Waals surface area contributed by atoms with Gasteiger partial charge in [-0.2, -0.15) is 0 Å². The molecular weight excluding hydrogens is 328 g/mol. The molecule has 0 bridgehead atoms. The zero-order valence-electron chi connectivity index (χ0n) is 14.6. The lowest BCUT2D eigenvalue weighted by molar-refractivity contribution is 0.0975. The number of hydrogen-bond donors (Lipinski definition) is 2. The van der Waals surface area contributed by atoms with Crippen molar-refractivity contribution < 1.29 is 9.59 Å². The maximum Gasteiger partial charge on any atom is 0.211 e. The van der Waals surface area contributed by atoms with Crippen molar-refractivity contribution in [1.82, 2.24) is 9.97 Å². The molecule has 26 heavy (non-hydrogen) atoms. The van der Waals surface area contributed by atoms with Crippen LogP contribution in [0.5, 0.6) is 0 Å². The fourth-order valence-electron chi connectivity index (χ4n) is 2.87. The highest BCUT2D eigenvalue weighted by molar-refractivity contribution is 6.19. The van der Waals surface area contributed by atoms with E-state index >= 15 is 0 Å². The summed E-state index contributed by atoms with van der Waals surface area (Å²) in [6.07, 6.45) is 6.25. The Balaban J connectivity index is 2.21. The number of hydrogen-bond acceptors (Lipinski definition) is 6. The molecule has 0 aliphatic heterocycles. The number of nitrogens with zero attached hydrogens (tertiary/aromatic N) is 2. The van der Waals surface area contributed by atoms with Crippen molar-refractivity contribution in [2.75, 3.05) is 0 Å². The second kappa shape index (κ2) is 6.40. The number of rotatable bonds is 4. The van der Waals surface area contributed by atoms with Crippen LogP contribution < -0.4 is 11.5 Å². The molecule has 3 rings (SSSR count). The van der Waals surface area contributed by atoms with E-state index in [0.29, 0.717) is 0 Å². The maximum atomic E-state index is 13.2. The summed E-state index contributed by atoms with van der Waals surface area (Å²) >= 11 is 0. The predicted octanol–water partition coefficient (Wildman–Crippen LogP) is 1.84. The first-order chi connectivity index (χ1) is 12.3. The third kappa shape index (κ3) is 2.89. The lowest BCUT2D eigenvalue weighted by Gasteiger charge is -2.43. The van der Waals surface area contributed by atoms with Crippen molar-refractivity contribution in [3.8, 4) is 0 Å². The van der Waals surface area contributed by atoms with Gasteiger partial charge in [0.2, 0.25) is 11.6 Å². The Morgan fingerprint density at radius 1 is 0.885 bits per heavy atom. The van der Waals surface area contributed by atoms with Gasteiger partial charge in [0.25, 0.3) is 0 Å². The summed E-state index contributed by atoms with van der Waals surface area (Å²) in [5, 5.41) is 0. The number of Topliss-reactive ketones (excluding diaryl/α,β-unsaturated/α-hetero) is 2. The summed E-state index contributed by atoms with van der Waals surface area (Å²) in [6.45, 7) is 3.37. The predicted molar refractivity (Wildman–Crippen MR) is 98.5 cm³/mol. The molecule has 4 N–H and O–H groups in total. The zero-order chi connectivity index (χ0) is 18.9. The maximum absolute atomic E-state index is 13.2. The van der Waals surface area contributed by atoms with Crippen molar-refractivity contribution in [2.45, 2.75) is 24.9 Å². The Morgan fingerprint density at radius 3 is 1.92 bits per heavy atom. The normalized spacial score (nSPS) is 25.2. The smallest absolute Gasteiger partial charge is 0.211 e. The number of carbonyl (C=O) groups is 2. The molecule has 0 aromatic carbocycles. The highest BCUT2D eigenvalue weighted by Crippen LogP contribution is 2.36. The summed E-state index contributed by atoms with van der Waals surface area (Å²) in [7, 11) is 0. The average molecular weight is 348 g/mol. The van der Waals surface area contributed by atoms with E-state index in [9.17, 15) is 9.59 Å². The molecule has 2 atom stereocenters. The van der Waals surface area contributed by atoms with E-state index < -0.39 is 16.9 Å². The van der Waals surface area contributed by atoms with Gasteiger partial charge in [-0.1, -0.05) is 24.3 Å². The lowest BCUT2D eigenvalue weighted by Crippen LogP contribution is -2.65. The van der Waals surface area contributed by atoms with Crippen LogP contribution >= 0.6 is 0 Å². The molecule has 0 amide bonds. The van der Waals surface area contributed by atoms with E-state index in [1.807, 2.05) is 0 Å². The summed E-state index contributed by atoms with van der Waals surface area (Å²) in [4.78, 5) is 34.4. The number of pyridine rings is 2. The molecule has 2 aromatic rings. The van der Waals surface area contributed by atoms with Crippen molar-refractivity contribution in [2.24, 2.45) is 11.5 Å². The molecule has 0 spiro atoms. The van der Waals surface area contributed by atoms with Gasteiger partial charge in [-0.25, -0.2) is 0 Å². The molecule has 1 aliphatic rings. The van der Waals surface area contributed by atoms with E-state index in [1.165, 1.54) is 12.4 Å². The van der Waals surface area contributed by atoms with Crippen LogP contribution in [0.3, 0.4) is 0 Å². The van der Waals surface area contributed by atoms with E-state index in [-0.39, 0.29) is 28.3 Å². The molecule has 0 radical (unpaired) electrons. The zero-order valence-corrected chi connectivity index (χ0v) is 14.6. The molecule has 132 valence electrons. The Morgan fingerprint density at radius 2 is 1.42 bits per heavy atom. The van der Waals surface area contributed by atoms with Crippen LogP contribution in [0.2, 0.25) is 0 Å². The van der Waals surface area contributed by atoms with Crippen LogP contribution in [0.25, 0.3) is 0 Å². The van der Waals surface area contributed by atoms with Gasteiger partial charge < -0.3 is 11.5 Å². The molecule has 6 nitrogen and oxygen atoms in total. The van der Waals surface area contributed by atoms with Crippen LogP contribution in [0.4, 0.5) is 0 Å². The standard InChI is InChI=1S/C20H20N4O2/c1-19(21)10-9-13(17(25)14-7-3-5-11-23-14)16(20(19,2)22)18(26)15-8-4-6-12-24-15/h3-12H,21-22H2,1-2H3. The van der Waals surface area contributed by atoms with Crippen molar-refractivity contribution in [1.29, 1.82) is 0 Å². The topological polar surface area (TPSA) is 112 Å². The molecule has 1 aliphatic carbocycles. The van der Waals surface area contributed by atoms with Crippen LogP contribution in [0.15, 0.2) is 72.1 Å².